The minimum atomic E-state index is -0.750. The summed E-state index contributed by atoms with van der Waals surface area (Å²) in [5, 5.41) is 12.1. The predicted octanol–water partition coefficient (Wildman–Crippen LogP) is 11.2. The number of ether oxygens (including phenoxy) is 1. The van der Waals surface area contributed by atoms with Gasteiger partial charge in [-0.2, -0.15) is 0 Å². The van der Waals surface area contributed by atoms with Crippen LogP contribution >= 0.6 is 137 Å². The van der Waals surface area contributed by atoms with Crippen molar-refractivity contribution in [2.24, 2.45) is 0 Å². The Kier molecular flexibility index (Phi) is 16.8. The average molecular weight is 901 g/mol. The molecule has 0 atom stereocenters. The normalized spacial score (nSPS) is 9.94. The lowest BCUT2D eigenvalue weighted by molar-refractivity contribution is 0.415. The van der Waals surface area contributed by atoms with E-state index in [0.717, 1.165) is 30.8 Å². The van der Waals surface area contributed by atoms with Crippen LogP contribution in [0.5, 0.6) is 11.5 Å². The van der Waals surface area contributed by atoms with E-state index >= 15 is 0 Å². The number of fused-ring (bicyclic) bond motifs is 2. The molecule has 1 N–H and O–H groups in total. The van der Waals surface area contributed by atoms with E-state index < -0.39 is 4.30 Å². The third kappa shape index (κ3) is 13.4. The van der Waals surface area contributed by atoms with Crippen LogP contribution in [-0.2, 0) is 0 Å². The number of pyridine rings is 2. The Morgan fingerprint density at radius 2 is 1.20 bits per heavy atom. The first kappa shape index (κ1) is 33.8. The minimum absolute atomic E-state index is 0.0592. The smallest absolute Gasteiger partial charge is 0.369 e. The van der Waals surface area contributed by atoms with Crippen LogP contribution in [0, 0.1) is 0 Å². The van der Waals surface area contributed by atoms with Gasteiger partial charge in [0.2, 0.25) is 0 Å². The Hall–Kier alpha value is 0.775. The van der Waals surface area contributed by atoms with Crippen molar-refractivity contribution < 1.29 is 9.84 Å². The minimum Gasteiger partial charge on any atom is -0.506 e. The van der Waals surface area contributed by atoms with E-state index in [1.54, 1.807) is 31.6 Å². The van der Waals surface area contributed by atoms with Crippen LogP contribution in [0.15, 0.2) is 57.7 Å². The summed E-state index contributed by atoms with van der Waals surface area (Å²) in [5.74, 6) is 0.706. The van der Waals surface area contributed by atoms with E-state index in [0.29, 0.717) is 15.8 Å². The maximum absolute atomic E-state index is 9.30. The second-order valence-corrected chi connectivity index (χ2v) is 17.0. The summed E-state index contributed by atoms with van der Waals surface area (Å²) in [6.45, 7) is 0. The Balaban J connectivity index is 0.000000270. The fourth-order valence-corrected chi connectivity index (χ4v) is 3.49. The van der Waals surface area contributed by atoms with Gasteiger partial charge in [0.1, 0.15) is 11.5 Å². The number of alkyl halides is 3. The Labute approximate surface area is 269 Å². The number of aromatic nitrogens is 2. The zero-order chi connectivity index (χ0) is 26.7. The van der Waals surface area contributed by atoms with Gasteiger partial charge in [0.05, 0.1) is 28.2 Å². The molecule has 0 unspecified atom stereocenters. The van der Waals surface area contributed by atoms with Gasteiger partial charge in [0.15, 0.2) is 4.30 Å². The average Bonchev–Trinajstić information content (AvgIpc) is 2.74. The van der Waals surface area contributed by atoms with Crippen molar-refractivity contribution in [1.82, 2.24) is 9.97 Å². The number of benzene rings is 2. The number of phenols is 1. The maximum atomic E-state index is 9.30. The van der Waals surface area contributed by atoms with Gasteiger partial charge in [0, 0.05) is 44.2 Å². The molecule has 35 heavy (non-hydrogen) atoms. The predicted molar refractivity (Wildman–Crippen MR) is 171 cm³/mol. The van der Waals surface area contributed by atoms with Gasteiger partial charge in [-0.15, -0.1) is 47.3 Å². The molecule has 0 aliphatic rings. The van der Waals surface area contributed by atoms with E-state index in [2.05, 4.69) is 89.1 Å². The first-order valence-corrected chi connectivity index (χ1v) is 15.3. The summed E-state index contributed by atoms with van der Waals surface area (Å²) in [5.41, 5.74) is 1.60. The molecular formula is C20H13BBr5Cl5N2O2. The molecule has 0 radical (unpaired) electrons. The molecule has 2 heterocycles. The lowest BCUT2D eigenvalue weighted by atomic mass is 10.2. The van der Waals surface area contributed by atoms with Gasteiger partial charge in [-0.05, 0) is 56.1 Å². The standard InChI is InChI=1S/C10H7BrClNO.C9H5BrClNO.CHCl3.BBr3/c1-14-10-4-9-6(3-8(10)12)2-7(11)5-13-9;10-6-1-5-2-7(11)9(13)3-8(5)12-4-6;2*2-1(3)4/h2-5H,1H3;1-4,13H;1H;. The lowest BCUT2D eigenvalue weighted by Crippen LogP contribution is -1.86. The Morgan fingerprint density at radius 3 is 1.63 bits per heavy atom. The number of hydrogen-bond acceptors (Lipinski definition) is 4. The first-order valence-electron chi connectivity index (χ1n) is 8.91. The van der Waals surface area contributed by atoms with Crippen molar-refractivity contribution in [3.8, 4) is 11.5 Å². The molecular weight excluding hydrogens is 888 g/mol. The Morgan fingerprint density at radius 1 is 0.800 bits per heavy atom. The highest BCUT2D eigenvalue weighted by Gasteiger charge is 2.04. The van der Waals surface area contributed by atoms with Crippen LogP contribution < -0.4 is 4.74 Å². The van der Waals surface area contributed by atoms with Gasteiger partial charge in [0.25, 0.3) is 0 Å². The van der Waals surface area contributed by atoms with Crippen LogP contribution in [0.4, 0.5) is 0 Å². The Bertz CT molecular complexity index is 1250. The quantitative estimate of drug-likeness (QED) is 0.153. The topological polar surface area (TPSA) is 55.2 Å². The van der Waals surface area contributed by atoms with Crippen molar-refractivity contribution in [2.45, 2.75) is 4.30 Å². The molecule has 4 aromatic rings. The number of hydrogen-bond donors (Lipinski definition) is 1. The molecule has 2 aromatic heterocycles. The summed E-state index contributed by atoms with van der Waals surface area (Å²) in [6.07, 6.45) is 3.42. The van der Waals surface area contributed by atoms with Crippen molar-refractivity contribution >= 4 is 162 Å². The number of methoxy groups -OCH3 is 1. The summed E-state index contributed by atoms with van der Waals surface area (Å²) in [7, 11) is 1.59. The summed E-state index contributed by atoms with van der Waals surface area (Å²) < 4.78 is 6.45. The van der Waals surface area contributed by atoms with E-state index in [4.69, 9.17) is 62.7 Å². The van der Waals surface area contributed by atoms with Gasteiger partial charge in [-0.1, -0.05) is 58.0 Å². The third-order valence-electron chi connectivity index (χ3n) is 3.64. The highest BCUT2D eigenvalue weighted by molar-refractivity contribution is 9.69. The lowest BCUT2D eigenvalue weighted by Gasteiger charge is -2.04. The molecule has 188 valence electrons. The molecule has 0 saturated carbocycles. The molecule has 0 aliphatic carbocycles. The third-order valence-corrected chi connectivity index (χ3v) is 5.10. The largest absolute Gasteiger partial charge is 0.506 e. The molecule has 15 heteroatoms. The number of rotatable bonds is 1. The molecule has 0 bridgehead atoms. The molecule has 0 amide bonds. The van der Waals surface area contributed by atoms with Gasteiger partial charge in [-0.3, -0.25) is 9.97 Å². The summed E-state index contributed by atoms with van der Waals surface area (Å²) in [6, 6.07) is 10.8. The second kappa shape index (κ2) is 17.4. The number of halogens is 10. The molecule has 0 fully saturated rings. The number of nitrogens with zero attached hydrogens (tertiary/aromatic N) is 2. The van der Waals surface area contributed by atoms with Crippen LogP contribution in [0.1, 0.15) is 0 Å². The molecule has 4 rings (SSSR count). The zero-order valence-corrected chi connectivity index (χ0v) is 29.0. The first-order chi connectivity index (χ1) is 16.3. The van der Waals surface area contributed by atoms with Crippen molar-refractivity contribution in [3.63, 3.8) is 0 Å². The summed E-state index contributed by atoms with van der Waals surface area (Å²) >= 11 is 42.1. The SMILES string of the molecule is BrB(Br)Br.COc1cc2ncc(Br)cc2cc1Cl.ClC(Cl)Cl.Oc1cc2ncc(Br)cc2cc1Cl. The molecule has 0 spiro atoms. The van der Waals surface area contributed by atoms with E-state index in [-0.39, 0.29) is 8.93 Å². The van der Waals surface area contributed by atoms with Crippen LogP contribution in [0.25, 0.3) is 21.8 Å². The van der Waals surface area contributed by atoms with Crippen molar-refractivity contribution in [3.05, 3.63) is 67.8 Å². The highest BCUT2D eigenvalue weighted by atomic mass is 79.9. The summed E-state index contributed by atoms with van der Waals surface area (Å²) in [4.78, 5) is 8.36. The van der Waals surface area contributed by atoms with Gasteiger partial charge >= 0.3 is 3.18 Å². The van der Waals surface area contributed by atoms with E-state index in [9.17, 15) is 5.11 Å². The van der Waals surface area contributed by atoms with Gasteiger partial charge < -0.3 is 9.84 Å². The van der Waals surface area contributed by atoms with Gasteiger partial charge in [-0.25, -0.2) is 0 Å². The molecule has 0 saturated heterocycles. The number of phenolic OH excluding ortho intramolecular Hbond substituents is 1. The highest BCUT2D eigenvalue weighted by Crippen LogP contribution is 2.30. The van der Waals surface area contributed by atoms with E-state index in [1.807, 2.05) is 24.3 Å². The fraction of sp³-hybridized carbons (Fsp3) is 0.100. The van der Waals surface area contributed by atoms with Crippen LogP contribution in [-0.4, -0.2) is 29.7 Å². The van der Waals surface area contributed by atoms with Crippen molar-refractivity contribution in [1.29, 1.82) is 0 Å². The molecule has 4 nitrogen and oxygen atoms in total. The second-order valence-electron chi connectivity index (χ2n) is 5.98. The molecule has 0 aliphatic heterocycles. The fourth-order valence-electron chi connectivity index (χ4n) is 2.37. The number of aromatic hydroxyl groups is 1. The van der Waals surface area contributed by atoms with Crippen LogP contribution in [0.2, 0.25) is 10.0 Å². The maximum Gasteiger partial charge on any atom is 0.369 e. The zero-order valence-electron chi connectivity index (χ0n) is 17.3. The monoisotopic (exact) mass is 894 g/mol. The van der Waals surface area contributed by atoms with Crippen molar-refractivity contribution in [2.75, 3.05) is 7.11 Å². The van der Waals surface area contributed by atoms with Crippen LogP contribution in [0.3, 0.4) is 0 Å². The van der Waals surface area contributed by atoms with E-state index in [1.165, 1.54) is 0 Å². The molecule has 2 aromatic carbocycles.